The van der Waals surface area contributed by atoms with Gasteiger partial charge in [-0.25, -0.2) is 0 Å². The molecular formula is C8H38CoN4O14S2+4. The minimum absolute atomic E-state index is 0. The summed E-state index contributed by atoms with van der Waals surface area (Å²) in [7, 11) is -10.3. The summed E-state index contributed by atoms with van der Waals surface area (Å²) in [6.45, 7) is 9.83. The molecular weight excluding hydrogens is 499 g/mol. The second-order valence-corrected chi connectivity index (χ2v) is 5.68. The van der Waals surface area contributed by atoms with Crippen LogP contribution >= 0.6 is 0 Å². The Balaban J connectivity index is -0.0000000244. The maximum absolute atomic E-state index is 8.52. The van der Waals surface area contributed by atoms with Crippen molar-refractivity contribution in [2.75, 3.05) is 52.4 Å². The van der Waals surface area contributed by atoms with Gasteiger partial charge in [0.25, 0.3) is 0 Å². The van der Waals surface area contributed by atoms with Crippen molar-refractivity contribution in [1.29, 1.82) is 0 Å². The van der Waals surface area contributed by atoms with Gasteiger partial charge in [-0.3, -0.25) is 16.8 Å². The van der Waals surface area contributed by atoms with Crippen LogP contribution in [0.1, 0.15) is 0 Å². The maximum atomic E-state index is 8.52. The molecule has 22 N–H and O–H groups in total. The smallest absolute Gasteiger partial charge is 0.759 e. The summed E-state index contributed by atoms with van der Waals surface area (Å²) in [6, 6.07) is 0. The Hall–Kier alpha value is -0.154. The van der Waals surface area contributed by atoms with E-state index in [0.717, 1.165) is 0 Å². The number of hydrogen-bond acceptors (Lipinski definition) is 10. The minimum Gasteiger partial charge on any atom is -0.759 e. The molecule has 0 aromatic heterocycles. The molecule has 0 aromatic rings. The largest absolute Gasteiger partial charge is 2.00 e. The van der Waals surface area contributed by atoms with Crippen LogP contribution in [0.15, 0.2) is 0 Å². The van der Waals surface area contributed by atoms with Crippen LogP contribution in [0, 0.1) is 0 Å². The van der Waals surface area contributed by atoms with Crippen molar-refractivity contribution in [3.63, 3.8) is 0 Å². The van der Waals surface area contributed by atoms with Crippen LogP contribution < -0.4 is 21.3 Å². The predicted molar refractivity (Wildman–Crippen MR) is 96.7 cm³/mol. The van der Waals surface area contributed by atoms with Gasteiger partial charge in [0.15, 0.2) is 0 Å². The molecule has 1 radical (unpaired) electrons. The van der Waals surface area contributed by atoms with Gasteiger partial charge in [0.2, 0.25) is 0 Å². The maximum Gasteiger partial charge on any atom is 2.00 e. The molecule has 2 heterocycles. The number of piperazine rings is 2. The van der Waals surface area contributed by atoms with Gasteiger partial charge in [-0.1, -0.05) is 0 Å². The molecule has 0 atom stereocenters. The molecule has 2 rings (SSSR count). The first-order valence-electron chi connectivity index (χ1n) is 6.38. The molecule has 18 nitrogen and oxygen atoms in total. The zero-order valence-corrected chi connectivity index (χ0v) is 18.2. The Morgan fingerprint density at radius 3 is 0.724 bits per heavy atom. The second-order valence-electron chi connectivity index (χ2n) is 4.05. The second kappa shape index (κ2) is 35.3. The first-order chi connectivity index (χ1) is 10.0. The van der Waals surface area contributed by atoms with Crippen molar-refractivity contribution in [1.82, 2.24) is 10.6 Å². The number of nitrogens with two attached hydrogens (primary N) is 2. The van der Waals surface area contributed by atoms with Gasteiger partial charge in [0, 0.05) is 47.0 Å². The molecule has 0 aliphatic carbocycles. The first-order valence-corrected chi connectivity index (χ1v) is 9.05. The number of nitrogens with one attached hydrogen (secondary N) is 2. The average molecular weight is 537 g/mol. The van der Waals surface area contributed by atoms with Crippen LogP contribution in [0.3, 0.4) is 0 Å². The van der Waals surface area contributed by atoms with E-state index < -0.39 is 20.8 Å². The van der Waals surface area contributed by atoms with E-state index in [1.165, 1.54) is 52.4 Å². The molecule has 29 heavy (non-hydrogen) atoms. The van der Waals surface area contributed by atoms with E-state index in [0.29, 0.717) is 0 Å². The zero-order valence-electron chi connectivity index (χ0n) is 15.5. The van der Waals surface area contributed by atoms with Crippen molar-refractivity contribution in [2.45, 2.75) is 0 Å². The molecule has 191 valence electrons. The van der Waals surface area contributed by atoms with Crippen LogP contribution in [0.25, 0.3) is 0 Å². The fourth-order valence-electron chi connectivity index (χ4n) is 1.36. The number of hydrogen-bond donors (Lipinski definition) is 4. The molecule has 2 saturated heterocycles. The summed E-state index contributed by atoms with van der Waals surface area (Å²) in [6.07, 6.45) is 0. The van der Waals surface area contributed by atoms with Crippen LogP contribution in [0.5, 0.6) is 0 Å². The van der Waals surface area contributed by atoms with E-state index in [9.17, 15) is 0 Å². The minimum atomic E-state index is -5.17. The van der Waals surface area contributed by atoms with E-state index in [4.69, 9.17) is 35.0 Å². The Morgan fingerprint density at radius 1 is 0.552 bits per heavy atom. The van der Waals surface area contributed by atoms with Crippen LogP contribution in [-0.4, -0.2) is 98.4 Å². The number of rotatable bonds is 0. The van der Waals surface area contributed by atoms with E-state index in [1.54, 1.807) is 0 Å². The normalized spacial score (nSPS) is 13.9. The molecule has 21 heteroatoms. The Morgan fingerprint density at radius 2 is 0.690 bits per heavy atom. The summed E-state index contributed by atoms with van der Waals surface area (Å²) < 4.78 is 68.2. The molecule has 0 aromatic carbocycles. The summed E-state index contributed by atoms with van der Waals surface area (Å²) in [5, 5.41) is 11.2. The topological polar surface area (TPSA) is 413 Å². The third-order valence-electron chi connectivity index (χ3n) is 2.10. The van der Waals surface area contributed by atoms with Gasteiger partial charge in [0.05, 0.1) is 26.2 Å². The van der Waals surface area contributed by atoms with E-state index >= 15 is 0 Å². The standard InChI is InChI=1S/2C4H10N2.Co.2H2O4S.6H2O/c2*1-2-6-4-3-5-1;;2*1-5(2,3)4;;;;;;/h2*5-6H,1-4H2;;2*(H2,1,2,3,4);6*1H2/q;;+2;;;;;;;;/p+2. The fraction of sp³-hybridized carbons (Fsp3) is 1.00. The van der Waals surface area contributed by atoms with Gasteiger partial charge in [-0.05, 0) is 0 Å². The summed E-state index contributed by atoms with van der Waals surface area (Å²) in [5.41, 5.74) is 0. The molecule has 0 spiro atoms. The van der Waals surface area contributed by atoms with Crippen LogP contribution in [0.4, 0.5) is 0 Å². The number of quaternary nitrogens is 2. The Bertz CT molecular complexity index is 366. The van der Waals surface area contributed by atoms with Crippen molar-refractivity contribution >= 4 is 20.8 Å². The van der Waals surface area contributed by atoms with Gasteiger partial charge >= 0.3 is 16.8 Å². The van der Waals surface area contributed by atoms with E-state index in [1.807, 2.05) is 0 Å². The molecule has 2 fully saturated rings. The predicted octanol–water partition coefficient (Wildman–Crippen LogP) is -11.7. The fourth-order valence-corrected chi connectivity index (χ4v) is 1.36. The zero-order chi connectivity index (χ0) is 17.5. The van der Waals surface area contributed by atoms with Gasteiger partial charge in [-0.2, -0.15) is 0 Å². The molecule has 2 aliphatic heterocycles. The monoisotopic (exact) mass is 537 g/mol. The van der Waals surface area contributed by atoms with Crippen molar-refractivity contribution < 1.29 is 95.3 Å². The van der Waals surface area contributed by atoms with Crippen LogP contribution in [-0.2, 0) is 59.5 Å². The molecule has 0 saturated carbocycles. The van der Waals surface area contributed by atoms with Gasteiger partial charge < -0.3 is 72.3 Å². The molecule has 2 aliphatic rings. The van der Waals surface area contributed by atoms with E-state index in [-0.39, 0.29) is 49.6 Å². The molecule has 0 bridgehead atoms. The molecule has 0 unspecified atom stereocenters. The molecule has 0 amide bonds. The quantitative estimate of drug-likeness (QED) is 0.128. The third-order valence-corrected chi connectivity index (χ3v) is 2.10. The summed E-state index contributed by atoms with van der Waals surface area (Å²) in [4.78, 5) is 0. The van der Waals surface area contributed by atoms with Crippen molar-refractivity contribution in [2.24, 2.45) is 0 Å². The Kier molecular flexibility index (Phi) is 69.1. The summed E-state index contributed by atoms with van der Waals surface area (Å²) in [5.74, 6) is 0. The SMILES string of the molecule is C1C[NH2+]CCN1.C1C[NH2+]CCN1.O.O.O=S(=O)([O-])[O-].O=S(=O)([O-])[O-].[Co+2].[OH3+].[OH3+].[OH3+].[OH3+]. The van der Waals surface area contributed by atoms with Crippen molar-refractivity contribution in [3.05, 3.63) is 0 Å². The van der Waals surface area contributed by atoms with E-state index in [2.05, 4.69) is 21.3 Å². The van der Waals surface area contributed by atoms with Crippen molar-refractivity contribution in [3.8, 4) is 0 Å². The van der Waals surface area contributed by atoms with Gasteiger partial charge in [-0.15, -0.1) is 0 Å². The third kappa shape index (κ3) is 133. The average Bonchev–Trinajstić information content (AvgIpc) is 2.40. The first kappa shape index (κ1) is 56.8. The Labute approximate surface area is 179 Å². The summed E-state index contributed by atoms with van der Waals surface area (Å²) >= 11 is 0. The van der Waals surface area contributed by atoms with Crippen LogP contribution in [0.2, 0.25) is 0 Å². The van der Waals surface area contributed by atoms with Gasteiger partial charge in [0.1, 0.15) is 0 Å².